The Kier molecular flexibility index (Phi) is 5.83. The number of rotatable bonds is 5. The number of alkyl halides is 3. The van der Waals surface area contributed by atoms with E-state index in [4.69, 9.17) is 16.2 Å². The Hall–Kier alpha value is -3.69. The summed E-state index contributed by atoms with van der Waals surface area (Å²) in [6, 6.07) is 7.07. The summed E-state index contributed by atoms with van der Waals surface area (Å²) in [6.45, 7) is 0. The van der Waals surface area contributed by atoms with Crippen LogP contribution in [0.2, 0.25) is 0 Å². The largest absolute Gasteiger partial charge is 0.481 e. The number of benzene rings is 2. The molecule has 1 amide bonds. The molecule has 0 aromatic heterocycles. The first-order valence-electron chi connectivity index (χ1n) is 9.23. The molecule has 1 aliphatic carbocycles. The summed E-state index contributed by atoms with van der Waals surface area (Å²) in [4.78, 5) is 35.9. The van der Waals surface area contributed by atoms with E-state index < -0.39 is 40.9 Å². The first kappa shape index (κ1) is 22.0. The number of anilines is 1. The molecule has 5 N–H and O–H groups in total. The highest BCUT2D eigenvalue weighted by Crippen LogP contribution is 2.34. The van der Waals surface area contributed by atoms with Crippen molar-refractivity contribution in [1.82, 2.24) is 0 Å². The van der Waals surface area contributed by atoms with Crippen LogP contribution in [0.1, 0.15) is 50.2 Å². The second-order valence-corrected chi connectivity index (χ2v) is 7.20. The van der Waals surface area contributed by atoms with E-state index in [1.807, 2.05) is 0 Å². The second kappa shape index (κ2) is 8.21. The van der Waals surface area contributed by atoms with Crippen molar-refractivity contribution >= 4 is 29.2 Å². The maximum atomic E-state index is 13.4. The van der Waals surface area contributed by atoms with Crippen LogP contribution >= 0.6 is 0 Å². The maximum absolute atomic E-state index is 13.4. The Morgan fingerprint density at radius 2 is 1.90 bits per heavy atom. The SMILES string of the molecule is N=C(N)c1ccc(C(=O)Nc2ccc3c(c2)CCC(CC(=O)O)C3=O)c(C(F)(F)F)c1. The van der Waals surface area contributed by atoms with Gasteiger partial charge in [-0.3, -0.25) is 19.8 Å². The Labute approximate surface area is 174 Å². The van der Waals surface area contributed by atoms with Crippen LogP contribution in [0, 0.1) is 11.3 Å². The summed E-state index contributed by atoms with van der Waals surface area (Å²) in [5.74, 6) is -3.56. The lowest BCUT2D eigenvalue weighted by Crippen LogP contribution is -2.25. The van der Waals surface area contributed by atoms with Gasteiger partial charge >= 0.3 is 12.1 Å². The molecule has 7 nitrogen and oxygen atoms in total. The van der Waals surface area contributed by atoms with E-state index in [9.17, 15) is 27.6 Å². The van der Waals surface area contributed by atoms with Gasteiger partial charge in [0.1, 0.15) is 5.84 Å². The third-order valence-corrected chi connectivity index (χ3v) is 5.06. The number of nitrogens with two attached hydrogens (primary N) is 1. The zero-order valence-corrected chi connectivity index (χ0v) is 16.0. The van der Waals surface area contributed by atoms with Crippen LogP contribution in [0.4, 0.5) is 18.9 Å². The molecule has 0 saturated heterocycles. The number of ketones is 1. The molecule has 0 aliphatic heterocycles. The number of carboxylic acid groups (broad SMARTS) is 1. The quantitative estimate of drug-likeness (QED) is 0.423. The van der Waals surface area contributed by atoms with E-state index in [0.717, 1.165) is 12.1 Å². The highest BCUT2D eigenvalue weighted by Gasteiger charge is 2.36. The molecule has 0 radical (unpaired) electrons. The molecular formula is C21H18F3N3O4. The van der Waals surface area contributed by atoms with Gasteiger partial charge in [-0.25, -0.2) is 0 Å². The van der Waals surface area contributed by atoms with Crippen LogP contribution in [-0.4, -0.2) is 28.6 Å². The van der Waals surface area contributed by atoms with Crippen LogP contribution in [0.25, 0.3) is 0 Å². The van der Waals surface area contributed by atoms with E-state index in [2.05, 4.69) is 5.32 Å². The van der Waals surface area contributed by atoms with Gasteiger partial charge in [0.25, 0.3) is 5.91 Å². The summed E-state index contributed by atoms with van der Waals surface area (Å²) in [6.07, 6.45) is -4.36. The third kappa shape index (κ3) is 4.73. The Morgan fingerprint density at radius 1 is 1.19 bits per heavy atom. The number of amides is 1. The fraction of sp³-hybridized carbons (Fsp3) is 0.238. The maximum Gasteiger partial charge on any atom is 0.417 e. The lowest BCUT2D eigenvalue weighted by atomic mass is 9.81. The molecule has 1 unspecified atom stereocenters. The molecule has 31 heavy (non-hydrogen) atoms. The lowest BCUT2D eigenvalue weighted by molar-refractivity contribution is -0.138. The smallest absolute Gasteiger partial charge is 0.417 e. The minimum absolute atomic E-state index is 0.160. The minimum atomic E-state index is -4.83. The fourth-order valence-electron chi connectivity index (χ4n) is 3.55. The molecule has 0 saturated carbocycles. The van der Waals surface area contributed by atoms with Crippen LogP contribution in [0.15, 0.2) is 36.4 Å². The number of nitrogen functional groups attached to an aromatic ring is 1. The van der Waals surface area contributed by atoms with Crippen LogP contribution in [-0.2, 0) is 17.4 Å². The normalized spacial score (nSPS) is 15.8. The highest BCUT2D eigenvalue weighted by molar-refractivity contribution is 6.07. The van der Waals surface area contributed by atoms with Crippen LogP contribution in [0.3, 0.4) is 0 Å². The molecule has 0 fully saturated rings. The monoisotopic (exact) mass is 433 g/mol. The van der Waals surface area contributed by atoms with Crippen molar-refractivity contribution in [2.24, 2.45) is 11.7 Å². The van der Waals surface area contributed by atoms with Gasteiger partial charge in [0.2, 0.25) is 0 Å². The van der Waals surface area contributed by atoms with Gasteiger partial charge in [-0.05, 0) is 48.7 Å². The van der Waals surface area contributed by atoms with Crippen molar-refractivity contribution in [3.8, 4) is 0 Å². The molecule has 1 aliphatic rings. The Balaban J connectivity index is 1.86. The number of carbonyl (C=O) groups is 3. The minimum Gasteiger partial charge on any atom is -0.481 e. The summed E-state index contributed by atoms with van der Waals surface area (Å²) in [7, 11) is 0. The van der Waals surface area contributed by atoms with Gasteiger partial charge in [0, 0.05) is 22.7 Å². The zero-order valence-electron chi connectivity index (χ0n) is 16.0. The number of halogens is 3. The zero-order chi connectivity index (χ0) is 22.9. The Morgan fingerprint density at radius 3 is 2.52 bits per heavy atom. The van der Waals surface area contributed by atoms with E-state index >= 15 is 0 Å². The van der Waals surface area contributed by atoms with E-state index in [1.54, 1.807) is 0 Å². The van der Waals surface area contributed by atoms with Crippen molar-refractivity contribution < 1.29 is 32.7 Å². The van der Waals surface area contributed by atoms with Crippen LogP contribution < -0.4 is 11.1 Å². The number of hydrogen-bond acceptors (Lipinski definition) is 4. The lowest BCUT2D eigenvalue weighted by Gasteiger charge is -2.23. The topological polar surface area (TPSA) is 133 Å². The van der Waals surface area contributed by atoms with Crippen molar-refractivity contribution in [3.05, 3.63) is 64.2 Å². The summed E-state index contributed by atoms with van der Waals surface area (Å²) < 4.78 is 40.2. The molecule has 2 aromatic carbocycles. The number of Topliss-reactive ketones (excluding diaryl/α,β-unsaturated/α-hetero) is 1. The van der Waals surface area contributed by atoms with Gasteiger partial charge in [-0.1, -0.05) is 6.07 Å². The standard InChI is InChI=1S/C21H18F3N3O4/c22-21(23,24)16-8-12(19(25)26)3-5-15(16)20(31)27-13-4-6-14-10(7-13)1-2-11(18(14)30)9-17(28)29/h3-8,11H,1-2,9H2,(H3,25,26)(H,27,31)(H,28,29). The van der Waals surface area contributed by atoms with Crippen molar-refractivity contribution in [2.75, 3.05) is 5.32 Å². The predicted molar refractivity (Wildman–Crippen MR) is 105 cm³/mol. The summed E-state index contributed by atoms with van der Waals surface area (Å²) >= 11 is 0. The number of fused-ring (bicyclic) bond motifs is 1. The van der Waals surface area contributed by atoms with Gasteiger partial charge in [0.05, 0.1) is 17.5 Å². The van der Waals surface area contributed by atoms with Crippen molar-refractivity contribution in [1.29, 1.82) is 5.41 Å². The first-order chi connectivity index (χ1) is 14.5. The molecule has 0 spiro atoms. The fourth-order valence-corrected chi connectivity index (χ4v) is 3.55. The number of hydrogen-bond donors (Lipinski definition) is 4. The Bertz CT molecular complexity index is 1100. The van der Waals surface area contributed by atoms with E-state index in [-0.39, 0.29) is 23.5 Å². The molecule has 10 heteroatoms. The van der Waals surface area contributed by atoms with E-state index in [1.165, 1.54) is 18.2 Å². The first-order valence-corrected chi connectivity index (χ1v) is 9.23. The van der Waals surface area contributed by atoms with E-state index in [0.29, 0.717) is 30.0 Å². The van der Waals surface area contributed by atoms with Crippen molar-refractivity contribution in [2.45, 2.75) is 25.4 Å². The number of aliphatic carboxylic acids is 1. The molecule has 0 bridgehead atoms. The second-order valence-electron chi connectivity index (χ2n) is 7.20. The van der Waals surface area contributed by atoms with Gasteiger partial charge in [0.15, 0.2) is 5.78 Å². The molecule has 2 aromatic rings. The average molecular weight is 433 g/mol. The third-order valence-electron chi connectivity index (χ3n) is 5.06. The molecular weight excluding hydrogens is 415 g/mol. The number of carboxylic acids is 1. The number of amidine groups is 1. The predicted octanol–water partition coefficient (Wildman–Crippen LogP) is 3.46. The number of carbonyl (C=O) groups excluding carboxylic acids is 2. The summed E-state index contributed by atoms with van der Waals surface area (Å²) in [5.41, 5.74) is 4.37. The number of aryl methyl sites for hydroxylation is 1. The molecule has 3 rings (SSSR count). The van der Waals surface area contributed by atoms with Gasteiger partial charge in [-0.2, -0.15) is 13.2 Å². The highest BCUT2D eigenvalue weighted by atomic mass is 19.4. The molecule has 162 valence electrons. The average Bonchev–Trinajstić information content (AvgIpc) is 2.68. The van der Waals surface area contributed by atoms with Gasteiger partial charge in [-0.15, -0.1) is 0 Å². The number of nitrogens with one attached hydrogen (secondary N) is 2. The summed E-state index contributed by atoms with van der Waals surface area (Å²) in [5, 5.41) is 18.6. The molecule has 1 atom stereocenters. The van der Waals surface area contributed by atoms with Gasteiger partial charge < -0.3 is 16.2 Å². The van der Waals surface area contributed by atoms with Crippen LogP contribution in [0.5, 0.6) is 0 Å². The van der Waals surface area contributed by atoms with Crippen molar-refractivity contribution in [3.63, 3.8) is 0 Å². The molecule has 0 heterocycles.